The fraction of sp³-hybridized carbons (Fsp3) is 0.444. The first kappa shape index (κ1) is 20.1. The summed E-state index contributed by atoms with van der Waals surface area (Å²) in [6.07, 6.45) is 0.494. The number of nitrogens with one attached hydrogen (secondary N) is 2. The average Bonchev–Trinajstić information content (AvgIpc) is 2.61. The first-order valence-electron chi connectivity index (χ1n) is 8.44. The normalized spacial score (nSPS) is 16.7. The van der Waals surface area contributed by atoms with Gasteiger partial charge in [0.1, 0.15) is 0 Å². The van der Waals surface area contributed by atoms with Crippen LogP contribution in [0.15, 0.2) is 27.9 Å². The number of hydrogen-bond donors (Lipinski definition) is 2. The molecule has 142 valence electrons. The molecule has 7 nitrogen and oxygen atoms in total. The van der Waals surface area contributed by atoms with Crippen LogP contribution in [-0.4, -0.2) is 32.3 Å². The number of carbonyl (C=O) groups is 2. The van der Waals surface area contributed by atoms with E-state index in [9.17, 15) is 9.59 Å². The fourth-order valence-electron chi connectivity index (χ4n) is 2.81. The largest absolute Gasteiger partial charge is 0.492 e. The molecule has 26 heavy (non-hydrogen) atoms. The van der Waals surface area contributed by atoms with Crippen molar-refractivity contribution in [1.82, 2.24) is 10.6 Å². The predicted octanol–water partition coefficient (Wildman–Crippen LogP) is 3.44. The van der Waals surface area contributed by atoms with Gasteiger partial charge in [-0.2, -0.15) is 0 Å². The van der Waals surface area contributed by atoms with Crippen molar-refractivity contribution < 1.29 is 23.8 Å². The molecular weight excluding hydrogens is 404 g/mol. The minimum Gasteiger partial charge on any atom is -0.492 e. The number of carbonyl (C=O) groups excluding carboxylic acids is 2. The van der Waals surface area contributed by atoms with E-state index in [2.05, 4.69) is 26.6 Å². The topological polar surface area (TPSA) is 85.9 Å². The van der Waals surface area contributed by atoms with E-state index in [4.69, 9.17) is 14.2 Å². The quantitative estimate of drug-likeness (QED) is 0.652. The van der Waals surface area contributed by atoms with Gasteiger partial charge in [-0.1, -0.05) is 6.92 Å². The van der Waals surface area contributed by atoms with Crippen molar-refractivity contribution in [1.29, 1.82) is 0 Å². The highest BCUT2D eigenvalue weighted by molar-refractivity contribution is 9.10. The number of urea groups is 1. The summed E-state index contributed by atoms with van der Waals surface area (Å²) in [4.78, 5) is 24.6. The molecule has 2 N–H and O–H groups in total. The molecule has 0 spiro atoms. The predicted molar refractivity (Wildman–Crippen MR) is 100 cm³/mol. The Labute approximate surface area is 161 Å². The zero-order chi connectivity index (χ0) is 19.3. The molecule has 2 rings (SSSR count). The van der Waals surface area contributed by atoms with Crippen LogP contribution in [0.4, 0.5) is 4.79 Å². The Hall–Kier alpha value is -2.22. The molecule has 0 aliphatic carbocycles. The highest BCUT2D eigenvalue weighted by Crippen LogP contribution is 2.40. The Morgan fingerprint density at radius 3 is 2.54 bits per heavy atom. The van der Waals surface area contributed by atoms with Crippen molar-refractivity contribution in [2.24, 2.45) is 0 Å². The second-order valence-electron chi connectivity index (χ2n) is 5.46. The van der Waals surface area contributed by atoms with Gasteiger partial charge in [-0.15, -0.1) is 0 Å². The second-order valence-corrected chi connectivity index (χ2v) is 6.32. The minimum absolute atomic E-state index is 0.247. The van der Waals surface area contributed by atoms with E-state index >= 15 is 0 Å². The summed E-state index contributed by atoms with van der Waals surface area (Å²) in [7, 11) is 1.55. The lowest BCUT2D eigenvalue weighted by molar-refractivity contribution is -0.139. The third-order valence-electron chi connectivity index (χ3n) is 3.87. The summed E-state index contributed by atoms with van der Waals surface area (Å²) < 4.78 is 16.9. The summed E-state index contributed by atoms with van der Waals surface area (Å²) >= 11 is 3.46. The van der Waals surface area contributed by atoms with Gasteiger partial charge in [0, 0.05) is 5.70 Å². The number of methoxy groups -OCH3 is 1. The Morgan fingerprint density at radius 1 is 1.23 bits per heavy atom. The van der Waals surface area contributed by atoms with E-state index in [1.165, 1.54) is 0 Å². The van der Waals surface area contributed by atoms with Crippen LogP contribution in [-0.2, 0) is 9.53 Å². The number of amides is 2. The zero-order valence-corrected chi connectivity index (χ0v) is 16.9. The van der Waals surface area contributed by atoms with Crippen molar-refractivity contribution in [2.45, 2.75) is 33.2 Å². The average molecular weight is 427 g/mol. The number of hydrogen-bond acceptors (Lipinski definition) is 5. The molecule has 8 heteroatoms. The van der Waals surface area contributed by atoms with E-state index in [-0.39, 0.29) is 12.6 Å². The van der Waals surface area contributed by atoms with Gasteiger partial charge in [0.2, 0.25) is 0 Å². The van der Waals surface area contributed by atoms with Crippen LogP contribution >= 0.6 is 15.9 Å². The molecule has 2 amide bonds. The highest BCUT2D eigenvalue weighted by atomic mass is 79.9. The maximum atomic E-state index is 12.5. The third-order valence-corrected chi connectivity index (χ3v) is 4.46. The van der Waals surface area contributed by atoms with Gasteiger partial charge in [0.15, 0.2) is 11.5 Å². The molecule has 1 unspecified atom stereocenters. The van der Waals surface area contributed by atoms with E-state index in [1.54, 1.807) is 26.2 Å². The van der Waals surface area contributed by atoms with Crippen LogP contribution < -0.4 is 20.1 Å². The lowest BCUT2D eigenvalue weighted by Gasteiger charge is -2.29. The van der Waals surface area contributed by atoms with Crippen molar-refractivity contribution >= 4 is 27.9 Å². The molecule has 1 aromatic rings. The molecule has 1 aliphatic heterocycles. The van der Waals surface area contributed by atoms with Gasteiger partial charge >= 0.3 is 12.0 Å². The Morgan fingerprint density at radius 2 is 1.96 bits per heavy atom. The van der Waals surface area contributed by atoms with Gasteiger partial charge in [0.25, 0.3) is 0 Å². The monoisotopic (exact) mass is 426 g/mol. The van der Waals surface area contributed by atoms with Crippen LogP contribution in [0.2, 0.25) is 0 Å². The van der Waals surface area contributed by atoms with E-state index < -0.39 is 12.0 Å². The number of ether oxygens (including phenoxy) is 3. The Balaban J connectivity index is 2.59. The van der Waals surface area contributed by atoms with Crippen LogP contribution in [0.5, 0.6) is 11.5 Å². The third kappa shape index (κ3) is 4.12. The number of benzene rings is 1. The van der Waals surface area contributed by atoms with Crippen LogP contribution in [0.25, 0.3) is 0 Å². The molecule has 0 radical (unpaired) electrons. The van der Waals surface area contributed by atoms with E-state index in [0.717, 1.165) is 0 Å². The van der Waals surface area contributed by atoms with Crippen LogP contribution in [0.1, 0.15) is 38.8 Å². The van der Waals surface area contributed by atoms with Crippen LogP contribution in [0.3, 0.4) is 0 Å². The smallest absolute Gasteiger partial charge is 0.338 e. The molecule has 0 saturated heterocycles. The van der Waals surface area contributed by atoms with Crippen molar-refractivity contribution in [3.05, 3.63) is 33.4 Å². The standard InChI is InChI=1S/C18H23BrN2O5/c1-5-12-14(17(22)26-7-3)15(21-18(23)20-12)10-8-11(19)16(24-4)13(9-10)25-6-2/h8-9,15H,5-7H2,1-4H3,(H2,20,21,23). The second kappa shape index (κ2) is 8.93. The number of esters is 1. The lowest BCUT2D eigenvalue weighted by atomic mass is 9.94. The molecule has 0 fully saturated rings. The summed E-state index contributed by atoms with van der Waals surface area (Å²) in [5.41, 5.74) is 1.61. The van der Waals surface area contributed by atoms with Gasteiger partial charge in [-0.3, -0.25) is 0 Å². The zero-order valence-electron chi connectivity index (χ0n) is 15.3. The molecule has 1 heterocycles. The molecule has 1 aromatic carbocycles. The molecule has 0 aromatic heterocycles. The van der Waals surface area contributed by atoms with Gasteiger partial charge in [0.05, 0.1) is 36.4 Å². The molecule has 1 aliphatic rings. The van der Waals surface area contributed by atoms with Crippen molar-refractivity contribution in [2.75, 3.05) is 20.3 Å². The van der Waals surface area contributed by atoms with Crippen molar-refractivity contribution in [3.8, 4) is 11.5 Å². The first-order chi connectivity index (χ1) is 12.5. The maximum absolute atomic E-state index is 12.5. The number of allylic oxidation sites excluding steroid dienone is 1. The fourth-order valence-corrected chi connectivity index (χ4v) is 3.43. The SMILES string of the molecule is CCOC(=O)C1=C(CC)NC(=O)NC1c1cc(Br)c(OC)c(OCC)c1. The minimum atomic E-state index is -0.654. The van der Waals surface area contributed by atoms with E-state index in [1.807, 2.05) is 13.8 Å². The molecule has 0 saturated carbocycles. The van der Waals surface area contributed by atoms with Crippen LogP contribution in [0, 0.1) is 0 Å². The Kier molecular flexibility index (Phi) is 6.90. The van der Waals surface area contributed by atoms with Gasteiger partial charge < -0.3 is 24.8 Å². The van der Waals surface area contributed by atoms with Gasteiger partial charge in [-0.05, 0) is 53.9 Å². The van der Waals surface area contributed by atoms with Crippen molar-refractivity contribution in [3.63, 3.8) is 0 Å². The first-order valence-corrected chi connectivity index (χ1v) is 9.23. The number of halogens is 1. The highest BCUT2D eigenvalue weighted by Gasteiger charge is 2.34. The lowest BCUT2D eigenvalue weighted by Crippen LogP contribution is -2.45. The Bertz CT molecular complexity index is 733. The summed E-state index contributed by atoms with van der Waals surface area (Å²) in [6, 6.07) is 2.53. The van der Waals surface area contributed by atoms with E-state index in [0.29, 0.717) is 45.8 Å². The van der Waals surface area contributed by atoms with Gasteiger partial charge in [-0.25, -0.2) is 9.59 Å². The summed E-state index contributed by atoms with van der Waals surface area (Å²) in [5.74, 6) is 0.605. The summed E-state index contributed by atoms with van der Waals surface area (Å²) in [5, 5.41) is 5.49. The maximum Gasteiger partial charge on any atom is 0.338 e. The molecule has 1 atom stereocenters. The molecular formula is C18H23BrN2O5. The molecule has 0 bridgehead atoms. The summed E-state index contributed by atoms with van der Waals surface area (Å²) in [6.45, 7) is 6.17. The number of rotatable bonds is 7.